The van der Waals surface area contributed by atoms with Gasteiger partial charge in [-0.1, -0.05) is 73.1 Å². The van der Waals surface area contributed by atoms with Gasteiger partial charge >= 0.3 is 0 Å². The van der Waals surface area contributed by atoms with Crippen LogP contribution in [0.1, 0.15) is 92.7 Å². The van der Waals surface area contributed by atoms with Gasteiger partial charge in [-0.2, -0.15) is 0 Å². The molecule has 0 saturated carbocycles. The topological polar surface area (TPSA) is 49.2 Å². The van der Waals surface area contributed by atoms with Crippen molar-refractivity contribution in [2.75, 3.05) is 19.6 Å². The van der Waals surface area contributed by atoms with Crippen molar-refractivity contribution in [3.63, 3.8) is 0 Å². The quantitative estimate of drug-likeness (QED) is 0.351. The Labute approximate surface area is 191 Å². The summed E-state index contributed by atoms with van der Waals surface area (Å²) in [6.07, 6.45) is 11.7. The fourth-order valence-corrected chi connectivity index (χ4v) is 4.60. The molecular weight excluding hydrogens is 382 g/mol. The molecule has 1 saturated heterocycles. The Hall–Kier alpha value is -1.68. The van der Waals surface area contributed by atoms with E-state index in [2.05, 4.69) is 69.1 Å². The Bertz CT molecular complexity index is 692. The van der Waals surface area contributed by atoms with Gasteiger partial charge in [-0.15, -0.1) is 0 Å². The van der Waals surface area contributed by atoms with Crippen LogP contribution in [0.4, 0.5) is 0 Å². The van der Waals surface area contributed by atoms with Crippen molar-refractivity contribution in [2.24, 2.45) is 16.7 Å². The number of hydrogen-bond donors (Lipinski definition) is 1. The van der Waals surface area contributed by atoms with Crippen LogP contribution in [0.25, 0.3) is 0 Å². The van der Waals surface area contributed by atoms with E-state index in [0.29, 0.717) is 17.6 Å². The van der Waals surface area contributed by atoms with Gasteiger partial charge in [0.05, 0.1) is 11.5 Å². The van der Waals surface area contributed by atoms with E-state index in [-0.39, 0.29) is 10.8 Å². The molecule has 4 nitrogen and oxygen atoms in total. The predicted octanol–water partition coefficient (Wildman–Crippen LogP) is 7.17. The first-order valence-corrected chi connectivity index (χ1v) is 12.1. The van der Waals surface area contributed by atoms with Gasteiger partial charge in [0.2, 0.25) is 0 Å². The van der Waals surface area contributed by atoms with Gasteiger partial charge in [0.1, 0.15) is 0 Å². The van der Waals surface area contributed by atoms with Crippen LogP contribution in [-0.4, -0.2) is 39.6 Å². The summed E-state index contributed by atoms with van der Waals surface area (Å²) in [5.74, 6) is 1.27. The number of aromatic nitrogens is 2. The zero-order valence-electron chi connectivity index (χ0n) is 21.4. The van der Waals surface area contributed by atoms with Crippen molar-refractivity contribution >= 4 is 0 Å². The van der Waals surface area contributed by atoms with Crippen molar-refractivity contribution in [3.05, 3.63) is 48.3 Å². The highest BCUT2D eigenvalue weighted by molar-refractivity contribution is 5.12. The second-order valence-electron chi connectivity index (χ2n) is 10.2. The zero-order valence-corrected chi connectivity index (χ0v) is 21.4. The third kappa shape index (κ3) is 8.07. The Morgan fingerprint density at radius 2 is 2.03 bits per heavy atom. The predicted molar refractivity (Wildman–Crippen MR) is 133 cm³/mol. The molecule has 0 radical (unpaired) electrons. The fraction of sp³-hybridized carbons (Fsp3) is 0.704. The van der Waals surface area contributed by atoms with E-state index in [1.165, 1.54) is 5.57 Å². The molecule has 2 rings (SSSR count). The first-order chi connectivity index (χ1) is 14.6. The Morgan fingerprint density at radius 1 is 1.35 bits per heavy atom. The molecule has 0 bridgehead atoms. The standard InChI is InChI=1S/C25H41N3O.C2H6/c1-8-11-25(21(4)29)14-22(24(5,6)7)17-28(18-25)16-19(2)9-10-20(3)23-15-26-12-13-27-23;1-2/h9,12-13,15,20,22,29H,4,8,10-11,14,16-18H2,1-3,5-7H3;1-2H3/b19-9+;. The number of allylic oxidation sites excluding steroid dienone is 1. The molecule has 0 aliphatic carbocycles. The molecule has 1 aromatic rings. The summed E-state index contributed by atoms with van der Waals surface area (Å²) in [7, 11) is 0. The minimum Gasteiger partial charge on any atom is -0.512 e. The molecular formula is C27H47N3O. The lowest BCUT2D eigenvalue weighted by molar-refractivity contribution is 0.00278. The van der Waals surface area contributed by atoms with E-state index >= 15 is 0 Å². The van der Waals surface area contributed by atoms with E-state index in [1.807, 2.05) is 20.0 Å². The number of hydrogen-bond acceptors (Lipinski definition) is 4. The number of piperidine rings is 1. The van der Waals surface area contributed by atoms with Crippen LogP contribution in [0.2, 0.25) is 0 Å². The molecule has 1 aliphatic rings. The number of likely N-dealkylation sites (tertiary alicyclic amines) is 1. The number of aliphatic hydroxyl groups excluding tert-OH is 1. The van der Waals surface area contributed by atoms with E-state index < -0.39 is 0 Å². The van der Waals surface area contributed by atoms with Crippen molar-refractivity contribution in [1.82, 2.24) is 14.9 Å². The lowest BCUT2D eigenvalue weighted by atomic mass is 9.65. The summed E-state index contributed by atoms with van der Waals surface area (Å²) in [6.45, 7) is 24.5. The molecule has 0 amide bonds. The smallest absolute Gasteiger partial charge is 0.0925 e. The van der Waals surface area contributed by atoms with Crippen molar-refractivity contribution in [3.8, 4) is 0 Å². The Kier molecular flexibility index (Phi) is 10.9. The molecule has 4 heteroatoms. The van der Waals surface area contributed by atoms with Crippen LogP contribution < -0.4 is 0 Å². The molecule has 176 valence electrons. The molecule has 0 aromatic carbocycles. The molecule has 2 heterocycles. The van der Waals surface area contributed by atoms with Crippen LogP contribution >= 0.6 is 0 Å². The summed E-state index contributed by atoms with van der Waals surface area (Å²) in [4.78, 5) is 11.1. The van der Waals surface area contributed by atoms with Crippen LogP contribution in [0.3, 0.4) is 0 Å². The largest absolute Gasteiger partial charge is 0.512 e. The van der Waals surface area contributed by atoms with Crippen LogP contribution in [0.15, 0.2) is 42.6 Å². The van der Waals surface area contributed by atoms with Gasteiger partial charge < -0.3 is 5.11 Å². The summed E-state index contributed by atoms with van der Waals surface area (Å²) < 4.78 is 0. The minimum absolute atomic E-state index is 0.182. The average Bonchev–Trinajstić information content (AvgIpc) is 2.73. The lowest BCUT2D eigenvalue weighted by Crippen LogP contribution is -2.51. The summed E-state index contributed by atoms with van der Waals surface area (Å²) >= 11 is 0. The Balaban J connectivity index is 0.00000233. The summed E-state index contributed by atoms with van der Waals surface area (Å²) in [5.41, 5.74) is 2.45. The average molecular weight is 430 g/mol. The van der Waals surface area contributed by atoms with Gasteiger partial charge in [0, 0.05) is 49.6 Å². The first kappa shape index (κ1) is 27.4. The zero-order chi connectivity index (χ0) is 23.7. The molecule has 1 aliphatic heterocycles. The highest BCUT2D eigenvalue weighted by atomic mass is 16.3. The molecule has 1 N–H and O–H groups in total. The van der Waals surface area contributed by atoms with Gasteiger partial charge in [0.25, 0.3) is 0 Å². The monoisotopic (exact) mass is 429 g/mol. The normalized spacial score (nSPS) is 23.6. The summed E-state index contributed by atoms with van der Waals surface area (Å²) in [5, 5.41) is 10.5. The van der Waals surface area contributed by atoms with Gasteiger partial charge in [-0.3, -0.25) is 14.9 Å². The fourth-order valence-electron chi connectivity index (χ4n) is 4.60. The number of nitrogens with zero attached hydrogens (tertiary/aromatic N) is 3. The van der Waals surface area contributed by atoms with Crippen LogP contribution in [0, 0.1) is 16.7 Å². The van der Waals surface area contributed by atoms with Gasteiger partial charge in [-0.25, -0.2) is 0 Å². The maximum Gasteiger partial charge on any atom is 0.0925 e. The van der Waals surface area contributed by atoms with Crippen molar-refractivity contribution in [2.45, 2.75) is 87.0 Å². The molecule has 3 atom stereocenters. The van der Waals surface area contributed by atoms with E-state index in [1.54, 1.807) is 12.4 Å². The highest BCUT2D eigenvalue weighted by Crippen LogP contribution is 2.46. The number of aliphatic hydroxyl groups is 1. The molecule has 1 aromatic heterocycles. The van der Waals surface area contributed by atoms with E-state index in [4.69, 9.17) is 0 Å². The maximum absolute atomic E-state index is 10.5. The lowest BCUT2D eigenvalue weighted by Gasteiger charge is -2.49. The van der Waals surface area contributed by atoms with Crippen LogP contribution in [0.5, 0.6) is 0 Å². The molecule has 31 heavy (non-hydrogen) atoms. The second-order valence-corrected chi connectivity index (χ2v) is 10.2. The third-order valence-corrected chi connectivity index (χ3v) is 6.59. The van der Waals surface area contributed by atoms with Crippen molar-refractivity contribution < 1.29 is 5.11 Å². The van der Waals surface area contributed by atoms with Gasteiger partial charge in [0.15, 0.2) is 0 Å². The SMILES string of the molecule is C=C(O)C1(CCC)CC(C(C)(C)C)CN(C/C(C)=C/CC(C)c2cnccn2)C1.CC. The summed E-state index contributed by atoms with van der Waals surface area (Å²) in [6, 6.07) is 0. The van der Waals surface area contributed by atoms with E-state index in [0.717, 1.165) is 51.0 Å². The van der Waals surface area contributed by atoms with Crippen molar-refractivity contribution in [1.29, 1.82) is 0 Å². The third-order valence-electron chi connectivity index (χ3n) is 6.59. The molecule has 1 fully saturated rings. The highest BCUT2D eigenvalue weighted by Gasteiger charge is 2.44. The van der Waals surface area contributed by atoms with Gasteiger partial charge in [-0.05, 0) is 37.5 Å². The number of rotatable bonds is 8. The first-order valence-electron chi connectivity index (χ1n) is 12.1. The minimum atomic E-state index is -0.182. The second kappa shape index (κ2) is 12.4. The molecule has 3 unspecified atom stereocenters. The van der Waals surface area contributed by atoms with E-state index in [9.17, 15) is 5.11 Å². The molecule has 0 spiro atoms. The van der Waals surface area contributed by atoms with Crippen LogP contribution in [-0.2, 0) is 0 Å². The Morgan fingerprint density at radius 3 is 2.55 bits per heavy atom. The maximum atomic E-state index is 10.5.